The van der Waals surface area contributed by atoms with Gasteiger partial charge >= 0.3 is 5.97 Å². The third-order valence-corrected chi connectivity index (χ3v) is 4.53. The van der Waals surface area contributed by atoms with Crippen LogP contribution in [0, 0.1) is 0 Å². The van der Waals surface area contributed by atoms with Gasteiger partial charge in [0.05, 0.1) is 0 Å². The maximum absolute atomic E-state index is 11.8. The SMILES string of the molecule is CCNC(=NCC(=O)OC(C)(C)C)NC1CCCC(SC)C1.I. The molecule has 0 bridgehead atoms. The molecule has 23 heavy (non-hydrogen) atoms. The molecule has 5 nitrogen and oxygen atoms in total. The van der Waals surface area contributed by atoms with Crippen LogP contribution in [0.3, 0.4) is 0 Å². The van der Waals surface area contributed by atoms with E-state index < -0.39 is 5.60 Å². The minimum Gasteiger partial charge on any atom is -0.459 e. The van der Waals surface area contributed by atoms with Crippen LogP contribution in [-0.4, -0.2) is 48.2 Å². The highest BCUT2D eigenvalue weighted by atomic mass is 127. The number of ether oxygens (including phenoxy) is 1. The van der Waals surface area contributed by atoms with E-state index in [1.54, 1.807) is 0 Å². The topological polar surface area (TPSA) is 62.7 Å². The van der Waals surface area contributed by atoms with Crippen LogP contribution >= 0.6 is 35.7 Å². The molecule has 0 aromatic carbocycles. The Morgan fingerprint density at radius 3 is 2.61 bits per heavy atom. The van der Waals surface area contributed by atoms with Crippen LogP contribution in [0.4, 0.5) is 0 Å². The Bertz CT molecular complexity index is 386. The van der Waals surface area contributed by atoms with Gasteiger partial charge in [-0.2, -0.15) is 11.8 Å². The smallest absolute Gasteiger partial charge is 0.328 e. The van der Waals surface area contributed by atoms with Crippen molar-refractivity contribution in [3.63, 3.8) is 0 Å². The number of thioether (sulfide) groups is 1. The van der Waals surface area contributed by atoms with Crippen LogP contribution in [0.2, 0.25) is 0 Å². The molecule has 0 aromatic heterocycles. The van der Waals surface area contributed by atoms with Gasteiger partial charge in [-0.1, -0.05) is 6.42 Å². The lowest BCUT2D eigenvalue weighted by atomic mass is 9.95. The standard InChI is InChI=1S/C16H31N3O2S.HI/c1-6-17-15(18-11-14(20)21-16(2,3)4)19-12-8-7-9-13(10-12)22-5;/h12-13H,6-11H2,1-5H3,(H2,17,18,19);1H. The number of nitrogens with one attached hydrogen (secondary N) is 2. The van der Waals surface area contributed by atoms with Gasteiger partial charge in [0, 0.05) is 17.8 Å². The van der Waals surface area contributed by atoms with Crippen molar-refractivity contribution in [2.75, 3.05) is 19.3 Å². The first kappa shape index (κ1) is 22.8. The van der Waals surface area contributed by atoms with Gasteiger partial charge in [0.15, 0.2) is 5.96 Å². The number of esters is 1. The molecule has 1 saturated carbocycles. The number of carbonyl (C=O) groups excluding carboxylic acids is 1. The monoisotopic (exact) mass is 457 g/mol. The van der Waals surface area contributed by atoms with Crippen molar-refractivity contribution >= 4 is 47.7 Å². The number of guanidine groups is 1. The predicted octanol–water partition coefficient (Wildman–Crippen LogP) is 3.18. The maximum Gasteiger partial charge on any atom is 0.328 e. The van der Waals surface area contributed by atoms with Crippen LogP contribution in [0.1, 0.15) is 53.4 Å². The first-order chi connectivity index (χ1) is 10.3. The van der Waals surface area contributed by atoms with Crippen LogP contribution in [0.15, 0.2) is 4.99 Å². The molecule has 2 N–H and O–H groups in total. The first-order valence-corrected chi connectivity index (χ1v) is 9.42. The average molecular weight is 457 g/mol. The van der Waals surface area contributed by atoms with Crippen LogP contribution in [0.25, 0.3) is 0 Å². The third-order valence-electron chi connectivity index (χ3n) is 3.43. The summed E-state index contributed by atoms with van der Waals surface area (Å²) < 4.78 is 5.29. The molecule has 2 unspecified atom stereocenters. The van der Waals surface area contributed by atoms with Crippen molar-refractivity contribution in [2.24, 2.45) is 4.99 Å². The van der Waals surface area contributed by atoms with E-state index in [2.05, 4.69) is 21.9 Å². The van der Waals surface area contributed by atoms with Gasteiger partial charge in [0.1, 0.15) is 12.1 Å². The van der Waals surface area contributed by atoms with Crippen molar-refractivity contribution < 1.29 is 9.53 Å². The van der Waals surface area contributed by atoms with Crippen molar-refractivity contribution in [1.82, 2.24) is 10.6 Å². The lowest BCUT2D eigenvalue weighted by molar-refractivity contribution is -0.152. The highest BCUT2D eigenvalue weighted by Gasteiger charge is 2.22. The molecule has 1 rings (SSSR count). The van der Waals surface area contributed by atoms with Crippen molar-refractivity contribution in [3.8, 4) is 0 Å². The summed E-state index contributed by atoms with van der Waals surface area (Å²) in [4.78, 5) is 16.1. The molecule has 0 saturated heterocycles. The fraction of sp³-hybridized carbons (Fsp3) is 0.875. The molecule has 0 spiro atoms. The van der Waals surface area contributed by atoms with Gasteiger partial charge in [-0.25, -0.2) is 4.99 Å². The van der Waals surface area contributed by atoms with E-state index in [1.807, 2.05) is 39.5 Å². The zero-order chi connectivity index (χ0) is 16.6. The molecule has 0 radical (unpaired) electrons. The Labute approximate surface area is 162 Å². The van der Waals surface area contributed by atoms with Crippen molar-refractivity contribution in [3.05, 3.63) is 0 Å². The van der Waals surface area contributed by atoms with Gasteiger partial charge in [-0.3, -0.25) is 4.79 Å². The Morgan fingerprint density at radius 1 is 1.35 bits per heavy atom. The molecule has 0 aliphatic heterocycles. The van der Waals surface area contributed by atoms with E-state index in [1.165, 1.54) is 12.8 Å². The maximum atomic E-state index is 11.8. The van der Waals surface area contributed by atoms with E-state index in [0.717, 1.165) is 24.6 Å². The summed E-state index contributed by atoms with van der Waals surface area (Å²) in [7, 11) is 0. The third kappa shape index (κ3) is 10.3. The second kappa shape index (κ2) is 11.4. The van der Waals surface area contributed by atoms with E-state index >= 15 is 0 Å². The van der Waals surface area contributed by atoms with E-state index in [-0.39, 0.29) is 36.5 Å². The number of aliphatic imine (C=N–C) groups is 1. The summed E-state index contributed by atoms with van der Waals surface area (Å²) in [6.45, 7) is 8.44. The molecule has 136 valence electrons. The highest BCUT2D eigenvalue weighted by molar-refractivity contribution is 14.0. The van der Waals surface area contributed by atoms with Crippen LogP contribution in [-0.2, 0) is 9.53 Å². The molecular weight excluding hydrogens is 425 g/mol. The molecule has 0 heterocycles. The molecular formula is C16H32IN3O2S. The van der Waals surface area contributed by atoms with Gasteiger partial charge in [0.25, 0.3) is 0 Å². The zero-order valence-electron chi connectivity index (χ0n) is 15.0. The van der Waals surface area contributed by atoms with E-state index in [9.17, 15) is 4.79 Å². The van der Waals surface area contributed by atoms with Gasteiger partial charge < -0.3 is 15.4 Å². The average Bonchev–Trinajstić information content (AvgIpc) is 2.43. The summed E-state index contributed by atoms with van der Waals surface area (Å²) in [6, 6.07) is 0.433. The number of carbonyl (C=O) groups is 1. The summed E-state index contributed by atoms with van der Waals surface area (Å²) in [6.07, 6.45) is 7.03. The summed E-state index contributed by atoms with van der Waals surface area (Å²) in [5.74, 6) is 0.412. The molecule has 0 amide bonds. The molecule has 1 aliphatic carbocycles. The van der Waals surface area contributed by atoms with Crippen molar-refractivity contribution in [2.45, 2.75) is 70.3 Å². The predicted molar refractivity (Wildman–Crippen MR) is 110 cm³/mol. The molecule has 7 heteroatoms. The summed E-state index contributed by atoms with van der Waals surface area (Å²) in [5, 5.41) is 7.38. The lowest BCUT2D eigenvalue weighted by Gasteiger charge is -2.29. The van der Waals surface area contributed by atoms with E-state index in [4.69, 9.17) is 4.74 Å². The highest BCUT2D eigenvalue weighted by Crippen LogP contribution is 2.26. The largest absolute Gasteiger partial charge is 0.459 e. The number of hydrogen-bond acceptors (Lipinski definition) is 4. The quantitative estimate of drug-likeness (QED) is 0.288. The summed E-state index contributed by atoms with van der Waals surface area (Å²) in [5.41, 5.74) is -0.465. The van der Waals surface area contributed by atoms with Gasteiger partial charge in [-0.05, 0) is 53.2 Å². The Balaban J connectivity index is 0.00000484. The van der Waals surface area contributed by atoms with E-state index in [0.29, 0.717) is 12.0 Å². The second-order valence-corrected chi connectivity index (χ2v) is 7.79. The number of halogens is 1. The second-order valence-electron chi connectivity index (χ2n) is 6.65. The number of rotatable bonds is 5. The summed E-state index contributed by atoms with van der Waals surface area (Å²) >= 11 is 1.94. The fourth-order valence-corrected chi connectivity index (χ4v) is 3.35. The Kier molecular flexibility index (Phi) is 11.3. The van der Waals surface area contributed by atoms with Crippen molar-refractivity contribution in [1.29, 1.82) is 0 Å². The Hall–Kier alpha value is -0.180. The first-order valence-electron chi connectivity index (χ1n) is 8.13. The zero-order valence-corrected chi connectivity index (χ0v) is 18.1. The minimum atomic E-state index is -0.465. The normalized spacial score (nSPS) is 22.0. The number of nitrogens with zero attached hydrogens (tertiary/aromatic N) is 1. The molecule has 1 fully saturated rings. The lowest BCUT2D eigenvalue weighted by Crippen LogP contribution is -2.46. The van der Waals surface area contributed by atoms with Crippen LogP contribution in [0.5, 0.6) is 0 Å². The number of hydrogen-bond donors (Lipinski definition) is 2. The Morgan fingerprint density at radius 2 is 2.04 bits per heavy atom. The molecule has 0 aromatic rings. The van der Waals surface area contributed by atoms with Crippen LogP contribution < -0.4 is 10.6 Å². The minimum absolute atomic E-state index is 0. The van der Waals surface area contributed by atoms with Gasteiger partial charge in [-0.15, -0.1) is 24.0 Å². The fourth-order valence-electron chi connectivity index (χ4n) is 2.52. The molecule has 1 aliphatic rings. The van der Waals surface area contributed by atoms with Gasteiger partial charge in [0.2, 0.25) is 0 Å². The molecule has 2 atom stereocenters.